The first-order chi connectivity index (χ1) is 10.5. The van der Waals surface area contributed by atoms with Gasteiger partial charge in [-0.1, -0.05) is 43.3 Å². The standard InChI is InChI=1S/C18H19F3O/c1-2-14-4-6-15(7-5-14)16-8-10-17(11-9-16)22-13-3-12-18(19,20)21/h4-11H,2-3,12-13H2,1H3. The predicted molar refractivity (Wildman–Crippen MR) is 82.0 cm³/mol. The third-order valence-corrected chi connectivity index (χ3v) is 3.42. The van der Waals surface area contributed by atoms with Gasteiger partial charge in [0.25, 0.3) is 0 Å². The number of benzene rings is 2. The van der Waals surface area contributed by atoms with E-state index < -0.39 is 12.6 Å². The van der Waals surface area contributed by atoms with Gasteiger partial charge in [-0.2, -0.15) is 13.2 Å². The van der Waals surface area contributed by atoms with E-state index in [1.54, 1.807) is 12.1 Å². The summed E-state index contributed by atoms with van der Waals surface area (Å²) in [7, 11) is 0. The lowest BCUT2D eigenvalue weighted by Gasteiger charge is -2.09. The number of ether oxygens (including phenoxy) is 1. The van der Waals surface area contributed by atoms with Crippen molar-refractivity contribution in [1.82, 2.24) is 0 Å². The average molecular weight is 308 g/mol. The number of aryl methyl sites for hydroxylation is 1. The highest BCUT2D eigenvalue weighted by atomic mass is 19.4. The lowest BCUT2D eigenvalue weighted by atomic mass is 10.0. The highest BCUT2D eigenvalue weighted by molar-refractivity contribution is 5.64. The summed E-state index contributed by atoms with van der Waals surface area (Å²) < 4.78 is 41.4. The van der Waals surface area contributed by atoms with Gasteiger partial charge in [-0.05, 0) is 41.7 Å². The Morgan fingerprint density at radius 1 is 0.864 bits per heavy atom. The van der Waals surface area contributed by atoms with Crippen LogP contribution in [0.4, 0.5) is 13.2 Å². The minimum atomic E-state index is -4.11. The van der Waals surface area contributed by atoms with Gasteiger partial charge < -0.3 is 4.74 Å². The third-order valence-electron chi connectivity index (χ3n) is 3.42. The van der Waals surface area contributed by atoms with Crippen LogP contribution in [0.25, 0.3) is 11.1 Å². The van der Waals surface area contributed by atoms with Crippen molar-refractivity contribution in [2.75, 3.05) is 6.61 Å². The third kappa shape index (κ3) is 5.10. The molecule has 0 spiro atoms. The van der Waals surface area contributed by atoms with E-state index in [0.717, 1.165) is 17.5 Å². The van der Waals surface area contributed by atoms with Gasteiger partial charge in [-0.3, -0.25) is 0 Å². The molecule has 0 bridgehead atoms. The average Bonchev–Trinajstić information content (AvgIpc) is 2.51. The van der Waals surface area contributed by atoms with Crippen molar-refractivity contribution in [1.29, 1.82) is 0 Å². The van der Waals surface area contributed by atoms with Gasteiger partial charge in [0.05, 0.1) is 6.61 Å². The predicted octanol–water partition coefficient (Wildman–Crippen LogP) is 5.64. The van der Waals surface area contributed by atoms with Crippen molar-refractivity contribution in [3.63, 3.8) is 0 Å². The van der Waals surface area contributed by atoms with E-state index >= 15 is 0 Å². The molecule has 0 saturated carbocycles. The smallest absolute Gasteiger partial charge is 0.389 e. The van der Waals surface area contributed by atoms with Gasteiger partial charge >= 0.3 is 6.18 Å². The van der Waals surface area contributed by atoms with E-state index in [2.05, 4.69) is 31.2 Å². The second-order valence-electron chi connectivity index (χ2n) is 5.14. The number of alkyl halides is 3. The topological polar surface area (TPSA) is 9.23 Å². The van der Waals surface area contributed by atoms with Crippen LogP contribution in [-0.4, -0.2) is 12.8 Å². The molecular formula is C18H19F3O. The van der Waals surface area contributed by atoms with Crippen molar-refractivity contribution >= 4 is 0 Å². The van der Waals surface area contributed by atoms with Crippen molar-refractivity contribution in [2.24, 2.45) is 0 Å². The van der Waals surface area contributed by atoms with Gasteiger partial charge in [0.2, 0.25) is 0 Å². The monoisotopic (exact) mass is 308 g/mol. The fourth-order valence-electron chi connectivity index (χ4n) is 2.14. The summed E-state index contributed by atoms with van der Waals surface area (Å²) in [5.41, 5.74) is 3.46. The van der Waals surface area contributed by atoms with E-state index in [1.165, 1.54) is 5.56 Å². The second-order valence-corrected chi connectivity index (χ2v) is 5.14. The molecule has 22 heavy (non-hydrogen) atoms. The van der Waals surface area contributed by atoms with Crippen LogP contribution in [-0.2, 0) is 6.42 Å². The van der Waals surface area contributed by atoms with E-state index in [4.69, 9.17) is 4.74 Å². The Balaban J connectivity index is 1.89. The molecule has 0 aliphatic heterocycles. The summed E-state index contributed by atoms with van der Waals surface area (Å²) in [6.45, 7) is 2.18. The number of rotatable bonds is 6. The molecule has 1 nitrogen and oxygen atoms in total. The molecule has 0 N–H and O–H groups in total. The van der Waals surface area contributed by atoms with Gasteiger partial charge in [0.1, 0.15) is 5.75 Å². The highest BCUT2D eigenvalue weighted by Gasteiger charge is 2.26. The second kappa shape index (κ2) is 7.34. The highest BCUT2D eigenvalue weighted by Crippen LogP contribution is 2.24. The molecule has 0 saturated heterocycles. The van der Waals surface area contributed by atoms with Gasteiger partial charge in [-0.15, -0.1) is 0 Å². The van der Waals surface area contributed by atoms with Gasteiger partial charge in [0, 0.05) is 6.42 Å². The normalized spacial score (nSPS) is 11.5. The lowest BCUT2D eigenvalue weighted by Crippen LogP contribution is -2.09. The molecule has 0 atom stereocenters. The van der Waals surface area contributed by atoms with Gasteiger partial charge in [-0.25, -0.2) is 0 Å². The Morgan fingerprint density at radius 2 is 1.41 bits per heavy atom. The van der Waals surface area contributed by atoms with E-state index in [9.17, 15) is 13.2 Å². The SMILES string of the molecule is CCc1ccc(-c2ccc(OCCCC(F)(F)F)cc2)cc1. The van der Waals surface area contributed by atoms with Crippen molar-refractivity contribution in [2.45, 2.75) is 32.4 Å². The van der Waals surface area contributed by atoms with Gasteiger partial charge in [0.15, 0.2) is 0 Å². The Kier molecular flexibility index (Phi) is 5.47. The summed E-state index contributed by atoms with van der Waals surface area (Å²) in [6.07, 6.45) is -3.94. The summed E-state index contributed by atoms with van der Waals surface area (Å²) >= 11 is 0. The molecule has 118 valence electrons. The zero-order valence-corrected chi connectivity index (χ0v) is 12.5. The maximum absolute atomic E-state index is 12.0. The Hall–Kier alpha value is -1.97. The Morgan fingerprint density at radius 3 is 1.91 bits per heavy atom. The fraction of sp³-hybridized carbons (Fsp3) is 0.333. The minimum Gasteiger partial charge on any atom is -0.494 e. The molecule has 0 aliphatic carbocycles. The maximum Gasteiger partial charge on any atom is 0.389 e. The van der Waals surface area contributed by atoms with Crippen LogP contribution in [0.1, 0.15) is 25.3 Å². The number of hydrogen-bond acceptors (Lipinski definition) is 1. The van der Waals surface area contributed by atoms with Crippen molar-refractivity contribution < 1.29 is 17.9 Å². The minimum absolute atomic E-state index is 0.0241. The molecular weight excluding hydrogens is 289 g/mol. The molecule has 2 rings (SSSR count). The molecule has 0 amide bonds. The largest absolute Gasteiger partial charge is 0.494 e. The van der Waals surface area contributed by atoms with E-state index in [1.807, 2.05) is 12.1 Å². The van der Waals surface area contributed by atoms with E-state index in [0.29, 0.717) is 5.75 Å². The molecule has 2 aromatic carbocycles. The molecule has 2 aromatic rings. The molecule has 0 unspecified atom stereocenters. The first-order valence-electron chi connectivity index (χ1n) is 7.37. The van der Waals surface area contributed by atoms with Crippen LogP contribution in [0.2, 0.25) is 0 Å². The first-order valence-corrected chi connectivity index (χ1v) is 7.37. The van der Waals surface area contributed by atoms with E-state index in [-0.39, 0.29) is 13.0 Å². The van der Waals surface area contributed by atoms with Crippen LogP contribution in [0.5, 0.6) is 5.75 Å². The fourth-order valence-corrected chi connectivity index (χ4v) is 2.14. The molecule has 0 heterocycles. The molecule has 4 heteroatoms. The lowest BCUT2D eigenvalue weighted by molar-refractivity contribution is -0.136. The van der Waals surface area contributed by atoms with Crippen LogP contribution in [0.3, 0.4) is 0 Å². The summed E-state index contributed by atoms with van der Waals surface area (Å²) in [6, 6.07) is 15.7. The van der Waals surface area contributed by atoms with Crippen LogP contribution in [0, 0.1) is 0 Å². The van der Waals surface area contributed by atoms with Crippen molar-refractivity contribution in [3.05, 3.63) is 54.1 Å². The zero-order chi connectivity index (χ0) is 16.0. The molecule has 0 fully saturated rings. The molecule has 0 radical (unpaired) electrons. The Labute approximate surface area is 128 Å². The number of halogens is 3. The van der Waals surface area contributed by atoms with Crippen LogP contribution in [0.15, 0.2) is 48.5 Å². The quantitative estimate of drug-likeness (QED) is 0.628. The first kappa shape index (κ1) is 16.4. The van der Waals surface area contributed by atoms with Crippen molar-refractivity contribution in [3.8, 4) is 16.9 Å². The summed E-state index contributed by atoms with van der Waals surface area (Å²) in [4.78, 5) is 0. The zero-order valence-electron chi connectivity index (χ0n) is 12.5. The summed E-state index contributed by atoms with van der Waals surface area (Å²) in [5, 5.41) is 0. The maximum atomic E-state index is 12.0. The summed E-state index contributed by atoms with van der Waals surface area (Å²) in [5.74, 6) is 0.594. The molecule has 0 aromatic heterocycles. The number of hydrogen-bond donors (Lipinski definition) is 0. The van der Waals surface area contributed by atoms with Crippen LogP contribution >= 0.6 is 0 Å². The Bertz CT molecular complexity index is 571. The van der Waals surface area contributed by atoms with Crippen LogP contribution < -0.4 is 4.74 Å². The molecule has 0 aliphatic rings.